The molecule has 1 aromatic heterocycles. The highest BCUT2D eigenvalue weighted by Crippen LogP contribution is 2.43. The highest BCUT2D eigenvalue weighted by Gasteiger charge is 2.29. The van der Waals surface area contributed by atoms with Crippen molar-refractivity contribution in [3.05, 3.63) is 70.4 Å². The van der Waals surface area contributed by atoms with Gasteiger partial charge in [-0.05, 0) is 97.0 Å². The molecule has 1 atom stereocenters. The van der Waals surface area contributed by atoms with Gasteiger partial charge in [0, 0.05) is 22.9 Å². The van der Waals surface area contributed by atoms with Crippen molar-refractivity contribution in [1.29, 1.82) is 0 Å². The Morgan fingerprint density at radius 1 is 0.972 bits per heavy atom. The lowest BCUT2D eigenvalue weighted by Crippen LogP contribution is -2.30. The summed E-state index contributed by atoms with van der Waals surface area (Å²) in [6.07, 6.45) is 6.09. The van der Waals surface area contributed by atoms with Crippen LogP contribution in [0.5, 0.6) is 11.6 Å². The number of pyridine rings is 1. The first-order valence-corrected chi connectivity index (χ1v) is 15.6. The first kappa shape index (κ1) is 23.9. The summed E-state index contributed by atoms with van der Waals surface area (Å²) in [4.78, 5) is 5.88. The van der Waals surface area contributed by atoms with E-state index in [1.54, 1.807) is 0 Å². The summed E-state index contributed by atoms with van der Waals surface area (Å²) in [6, 6.07) is 12.8. The summed E-state index contributed by atoms with van der Waals surface area (Å²) in [7, 11) is -2.90. The average Bonchev–Trinajstić information content (AvgIpc) is 3.47. The molecule has 5 nitrogen and oxygen atoms in total. The zero-order valence-corrected chi connectivity index (χ0v) is 22.4. The molecule has 188 valence electrons. The van der Waals surface area contributed by atoms with E-state index in [0.717, 1.165) is 36.6 Å². The second-order valence-electron chi connectivity index (χ2n) is 10.1. The van der Waals surface area contributed by atoms with Gasteiger partial charge in [-0.25, -0.2) is 13.4 Å². The van der Waals surface area contributed by atoms with Crippen molar-refractivity contribution in [2.45, 2.75) is 63.1 Å². The molecule has 3 aliphatic rings. The minimum Gasteiger partial charge on any atom is -0.490 e. The van der Waals surface area contributed by atoms with Gasteiger partial charge in [0.15, 0.2) is 9.84 Å². The Bertz CT molecular complexity index is 1400. The first-order valence-electron chi connectivity index (χ1n) is 12.8. The van der Waals surface area contributed by atoms with Crippen LogP contribution in [0.25, 0.3) is 11.1 Å². The highest BCUT2D eigenvalue weighted by molar-refractivity contribution is 7.99. The molecular formula is C29H31NO4S2. The number of rotatable bonds is 5. The van der Waals surface area contributed by atoms with Gasteiger partial charge in [0.25, 0.3) is 0 Å². The number of benzene rings is 2. The maximum atomic E-state index is 11.8. The van der Waals surface area contributed by atoms with E-state index < -0.39 is 9.84 Å². The molecule has 6 rings (SSSR count). The normalized spacial score (nSPS) is 20.7. The van der Waals surface area contributed by atoms with Crippen molar-refractivity contribution >= 4 is 21.6 Å². The third-order valence-electron chi connectivity index (χ3n) is 7.61. The number of aromatic nitrogens is 1. The Morgan fingerprint density at radius 3 is 2.53 bits per heavy atom. The molecule has 0 saturated carbocycles. The van der Waals surface area contributed by atoms with Gasteiger partial charge in [-0.1, -0.05) is 18.2 Å². The maximum Gasteiger partial charge on any atom is 0.214 e. The van der Waals surface area contributed by atoms with Gasteiger partial charge in [0.2, 0.25) is 5.88 Å². The molecule has 3 aromatic rings. The standard InChI is InChI=1S/C29H31NO4S2/c1-18-14-22(33-21-9-12-36(31,32)13-10-21)15-19(2)29(18)25-5-3-4-24-23(25)6-7-26(24)34-28-16-27-20(17-30-28)8-11-35-27/h3-5,14-17,21,26H,6-13H2,1-2H3. The number of nitrogens with zero attached hydrogens (tertiary/aromatic N) is 1. The van der Waals surface area contributed by atoms with E-state index in [-0.39, 0.29) is 23.7 Å². The second kappa shape index (κ2) is 9.42. The Hall–Kier alpha value is -2.51. The van der Waals surface area contributed by atoms with Crippen LogP contribution < -0.4 is 9.47 Å². The first-order chi connectivity index (χ1) is 17.4. The van der Waals surface area contributed by atoms with Gasteiger partial charge < -0.3 is 9.47 Å². The van der Waals surface area contributed by atoms with Crippen LogP contribution in [-0.2, 0) is 22.7 Å². The Morgan fingerprint density at radius 2 is 1.75 bits per heavy atom. The van der Waals surface area contributed by atoms with Gasteiger partial charge >= 0.3 is 0 Å². The lowest BCUT2D eigenvalue weighted by atomic mass is 9.90. The molecule has 3 heterocycles. The van der Waals surface area contributed by atoms with Gasteiger partial charge in [0.05, 0.1) is 11.5 Å². The van der Waals surface area contributed by atoms with E-state index in [2.05, 4.69) is 55.2 Å². The van der Waals surface area contributed by atoms with Crippen LogP contribution in [0.15, 0.2) is 47.5 Å². The lowest BCUT2D eigenvalue weighted by Gasteiger charge is -2.24. The minimum absolute atomic E-state index is 0.0164. The fraction of sp³-hybridized carbons (Fsp3) is 0.414. The van der Waals surface area contributed by atoms with Crippen molar-refractivity contribution in [3.8, 4) is 22.8 Å². The minimum atomic E-state index is -2.90. The van der Waals surface area contributed by atoms with Crippen LogP contribution in [0.1, 0.15) is 53.2 Å². The van der Waals surface area contributed by atoms with E-state index in [0.29, 0.717) is 12.8 Å². The second-order valence-corrected chi connectivity index (χ2v) is 13.6. The fourth-order valence-electron chi connectivity index (χ4n) is 5.82. The largest absolute Gasteiger partial charge is 0.490 e. The highest BCUT2D eigenvalue weighted by atomic mass is 32.2. The summed E-state index contributed by atoms with van der Waals surface area (Å²) in [5, 5.41) is 0. The Kier molecular flexibility index (Phi) is 6.24. The van der Waals surface area contributed by atoms with Gasteiger partial charge in [-0.15, -0.1) is 11.8 Å². The molecule has 0 spiro atoms. The fourth-order valence-corrected chi connectivity index (χ4v) is 8.33. The molecule has 0 N–H and O–H groups in total. The molecule has 2 aliphatic heterocycles. The Balaban J connectivity index is 1.24. The number of thioether (sulfide) groups is 1. The van der Waals surface area contributed by atoms with Gasteiger partial charge in [0.1, 0.15) is 18.0 Å². The number of ether oxygens (including phenoxy) is 2. The molecule has 0 amide bonds. The lowest BCUT2D eigenvalue weighted by molar-refractivity contribution is 0.189. The number of aryl methyl sites for hydroxylation is 3. The van der Waals surface area contributed by atoms with Gasteiger partial charge in [-0.3, -0.25) is 0 Å². The van der Waals surface area contributed by atoms with Crippen LogP contribution in [0.2, 0.25) is 0 Å². The van der Waals surface area contributed by atoms with Crippen LogP contribution >= 0.6 is 11.8 Å². The smallest absolute Gasteiger partial charge is 0.214 e. The van der Waals surface area contributed by atoms with Crippen molar-refractivity contribution in [2.24, 2.45) is 0 Å². The Labute approximate surface area is 217 Å². The monoisotopic (exact) mass is 521 g/mol. The van der Waals surface area contributed by atoms with Crippen LogP contribution in [0.3, 0.4) is 0 Å². The molecule has 2 aromatic carbocycles. The third-order valence-corrected chi connectivity index (χ3v) is 10.4. The summed E-state index contributed by atoms with van der Waals surface area (Å²) >= 11 is 1.88. The van der Waals surface area contributed by atoms with Crippen LogP contribution in [0, 0.1) is 13.8 Å². The predicted molar refractivity (Wildman–Crippen MR) is 144 cm³/mol. The van der Waals surface area contributed by atoms with E-state index in [1.165, 1.54) is 43.8 Å². The maximum absolute atomic E-state index is 11.8. The molecule has 0 radical (unpaired) electrons. The van der Waals surface area contributed by atoms with E-state index in [1.807, 2.05) is 18.0 Å². The molecule has 1 unspecified atom stereocenters. The molecular weight excluding hydrogens is 490 g/mol. The number of hydrogen-bond donors (Lipinski definition) is 0. The summed E-state index contributed by atoms with van der Waals surface area (Å²) < 4.78 is 36.1. The van der Waals surface area contributed by atoms with Crippen molar-refractivity contribution in [2.75, 3.05) is 17.3 Å². The number of sulfone groups is 1. The SMILES string of the molecule is Cc1cc(OC2CCS(=O)(=O)CC2)cc(C)c1-c1cccc2c1CCC2Oc1cc2c(cn1)CCS2. The quantitative estimate of drug-likeness (QED) is 0.408. The van der Waals surface area contributed by atoms with E-state index >= 15 is 0 Å². The topological polar surface area (TPSA) is 65.5 Å². The molecule has 7 heteroatoms. The summed E-state index contributed by atoms with van der Waals surface area (Å²) in [5.74, 6) is 3.10. The molecule has 1 saturated heterocycles. The zero-order valence-electron chi connectivity index (χ0n) is 20.7. The molecule has 36 heavy (non-hydrogen) atoms. The summed E-state index contributed by atoms with van der Waals surface area (Å²) in [5.41, 5.74) is 8.79. The number of hydrogen-bond acceptors (Lipinski definition) is 6. The predicted octanol–water partition coefficient (Wildman–Crippen LogP) is 6.04. The summed E-state index contributed by atoms with van der Waals surface area (Å²) in [6.45, 7) is 4.27. The van der Waals surface area contributed by atoms with Gasteiger partial charge in [-0.2, -0.15) is 0 Å². The van der Waals surface area contributed by atoms with Crippen LogP contribution in [0.4, 0.5) is 0 Å². The zero-order chi connectivity index (χ0) is 24.9. The number of fused-ring (bicyclic) bond motifs is 2. The average molecular weight is 522 g/mol. The van der Waals surface area contributed by atoms with Crippen molar-refractivity contribution < 1.29 is 17.9 Å². The van der Waals surface area contributed by atoms with Crippen molar-refractivity contribution in [3.63, 3.8) is 0 Å². The third kappa shape index (κ3) is 4.63. The molecule has 0 bridgehead atoms. The van der Waals surface area contributed by atoms with Crippen LogP contribution in [-0.4, -0.2) is 36.8 Å². The van der Waals surface area contributed by atoms with E-state index in [9.17, 15) is 8.42 Å². The molecule has 1 aliphatic carbocycles. The molecule has 1 fully saturated rings. The van der Waals surface area contributed by atoms with E-state index in [4.69, 9.17) is 9.47 Å². The van der Waals surface area contributed by atoms with Crippen molar-refractivity contribution in [1.82, 2.24) is 4.98 Å².